The number of hydrogen-bond acceptors (Lipinski definition) is 5. The van der Waals surface area contributed by atoms with Gasteiger partial charge in [-0.25, -0.2) is 4.79 Å². The normalized spacial score (nSPS) is 27.0. The van der Waals surface area contributed by atoms with E-state index >= 15 is 0 Å². The zero-order chi connectivity index (χ0) is 25.6. The average Bonchev–Trinajstić information content (AvgIpc) is 3.06. The molecule has 1 saturated heterocycles. The van der Waals surface area contributed by atoms with Crippen LogP contribution in [0.1, 0.15) is 60.3 Å². The van der Waals surface area contributed by atoms with Gasteiger partial charge < -0.3 is 26.6 Å². The summed E-state index contributed by atoms with van der Waals surface area (Å²) in [6, 6.07) is -3.10. The first kappa shape index (κ1) is 26.0. The summed E-state index contributed by atoms with van der Waals surface area (Å²) in [5.74, 6) is -2.32. The van der Waals surface area contributed by atoms with Gasteiger partial charge in [-0.3, -0.25) is 19.2 Å². The smallest absolute Gasteiger partial charge is 0.315 e. The Morgan fingerprint density at radius 3 is 2.18 bits per heavy atom. The maximum atomic E-state index is 13.7. The Morgan fingerprint density at radius 2 is 1.71 bits per heavy atom. The van der Waals surface area contributed by atoms with Crippen molar-refractivity contribution in [2.75, 3.05) is 13.6 Å². The highest BCUT2D eigenvalue weighted by molar-refractivity contribution is 6.37. The Morgan fingerprint density at radius 1 is 1.09 bits per heavy atom. The molecule has 0 aromatic rings. The zero-order valence-corrected chi connectivity index (χ0v) is 21.1. The van der Waals surface area contributed by atoms with Crippen molar-refractivity contribution >= 4 is 29.5 Å². The van der Waals surface area contributed by atoms with Crippen molar-refractivity contribution in [1.82, 2.24) is 20.9 Å². The van der Waals surface area contributed by atoms with Crippen molar-refractivity contribution in [3.05, 3.63) is 0 Å². The van der Waals surface area contributed by atoms with Crippen LogP contribution in [-0.2, 0) is 19.2 Å². The third-order valence-electron chi connectivity index (χ3n) is 8.05. The molecule has 0 spiro atoms. The van der Waals surface area contributed by atoms with Crippen molar-refractivity contribution in [2.24, 2.45) is 34.3 Å². The molecule has 3 fully saturated rings. The number of nitrogens with zero attached hydrogens (tertiary/aromatic N) is 1. The van der Waals surface area contributed by atoms with E-state index in [1.807, 2.05) is 20.8 Å². The molecule has 3 aliphatic rings. The average molecular weight is 478 g/mol. The highest BCUT2D eigenvalue weighted by Gasteiger charge is 2.69. The molecule has 1 heterocycles. The molecular weight excluding hydrogens is 438 g/mol. The molecule has 0 bridgehead atoms. The summed E-state index contributed by atoms with van der Waals surface area (Å²) in [5, 5.41) is 7.96. The van der Waals surface area contributed by atoms with Gasteiger partial charge >= 0.3 is 6.03 Å². The fourth-order valence-electron chi connectivity index (χ4n) is 5.55. The number of hydrogen-bond donors (Lipinski definition) is 4. The lowest BCUT2D eigenvalue weighted by atomic mass is 9.80. The molecule has 2 aliphatic carbocycles. The second-order valence-electron chi connectivity index (χ2n) is 11.7. The van der Waals surface area contributed by atoms with E-state index in [4.69, 9.17) is 5.73 Å². The van der Waals surface area contributed by atoms with Crippen LogP contribution in [0.2, 0.25) is 0 Å². The molecule has 10 nitrogen and oxygen atoms in total. The minimum absolute atomic E-state index is 0.0647. The number of rotatable bonds is 8. The van der Waals surface area contributed by atoms with Gasteiger partial charge in [0, 0.05) is 13.6 Å². The van der Waals surface area contributed by atoms with Crippen LogP contribution in [0, 0.1) is 28.6 Å². The van der Waals surface area contributed by atoms with Gasteiger partial charge in [0.2, 0.25) is 17.6 Å². The summed E-state index contributed by atoms with van der Waals surface area (Å²) < 4.78 is 0. The predicted octanol–water partition coefficient (Wildman–Crippen LogP) is 0.543. The van der Waals surface area contributed by atoms with Crippen LogP contribution >= 0.6 is 0 Å². The summed E-state index contributed by atoms with van der Waals surface area (Å²) in [7, 11) is 1.47. The fourth-order valence-corrected chi connectivity index (χ4v) is 5.55. The van der Waals surface area contributed by atoms with Crippen molar-refractivity contribution in [1.29, 1.82) is 0 Å². The highest BCUT2D eigenvalue weighted by Crippen LogP contribution is 2.65. The second kappa shape index (κ2) is 9.19. The van der Waals surface area contributed by atoms with Gasteiger partial charge in [-0.05, 0) is 35.0 Å². The highest BCUT2D eigenvalue weighted by atomic mass is 16.2. The number of nitrogens with two attached hydrogens (primary N) is 1. The number of carbonyl (C=O) groups excluding carboxylic acids is 5. The summed E-state index contributed by atoms with van der Waals surface area (Å²) >= 11 is 0. The third-order valence-corrected chi connectivity index (χ3v) is 8.05. The van der Waals surface area contributed by atoms with Crippen LogP contribution in [0.3, 0.4) is 0 Å². The predicted molar refractivity (Wildman–Crippen MR) is 125 cm³/mol. The van der Waals surface area contributed by atoms with Gasteiger partial charge in [-0.2, -0.15) is 0 Å². The van der Waals surface area contributed by atoms with Gasteiger partial charge in [0.25, 0.3) is 5.91 Å². The minimum atomic E-state index is -1.07. The van der Waals surface area contributed by atoms with Crippen LogP contribution < -0.4 is 21.7 Å². The van der Waals surface area contributed by atoms with Crippen LogP contribution in [0.15, 0.2) is 0 Å². The number of ketones is 1. The Labute approximate surface area is 201 Å². The lowest BCUT2D eigenvalue weighted by molar-refractivity contribution is -0.145. The number of carbonyl (C=O) groups is 5. The van der Waals surface area contributed by atoms with E-state index in [0.717, 1.165) is 19.3 Å². The molecule has 190 valence electrons. The van der Waals surface area contributed by atoms with Crippen molar-refractivity contribution in [3.8, 4) is 0 Å². The molecule has 0 aromatic carbocycles. The number of piperidine rings is 1. The number of Topliss-reactive ketones (excluding diaryl/α,β-unsaturated/α-hetero) is 1. The molecule has 0 radical (unpaired) electrons. The molecule has 3 unspecified atom stereocenters. The quantitative estimate of drug-likeness (QED) is 0.376. The van der Waals surface area contributed by atoms with Gasteiger partial charge in [-0.1, -0.05) is 53.9 Å². The summed E-state index contributed by atoms with van der Waals surface area (Å²) in [5.41, 5.74) is 4.53. The lowest BCUT2D eigenvalue weighted by Gasteiger charge is -2.38. The van der Waals surface area contributed by atoms with Crippen molar-refractivity contribution in [3.63, 3.8) is 0 Å². The monoisotopic (exact) mass is 477 g/mol. The van der Waals surface area contributed by atoms with Crippen LogP contribution in [-0.4, -0.2) is 66.2 Å². The molecule has 5 atom stereocenters. The zero-order valence-electron chi connectivity index (χ0n) is 21.1. The number of fused-ring (bicyclic) bond motifs is 1. The standard InChI is InChI=1S/C24H39N5O5/c1-23(2,3)18(28-22(34)26-6)21(33)29-11-13-15(24(13,4)5)16(29)20(32)27-14(17(30)19(25)31)10-12-8-7-9-12/h12-16,18H,7-11H2,1-6H3,(H2,25,31)(H,27,32)(H2,26,28,34)/t13?,14?,15?,16-,18+/m0/s1. The van der Waals surface area contributed by atoms with Crippen LogP contribution in [0.5, 0.6) is 0 Å². The molecule has 5 amide bonds. The summed E-state index contributed by atoms with van der Waals surface area (Å²) in [4.78, 5) is 64.9. The van der Waals surface area contributed by atoms with Gasteiger partial charge in [0.05, 0.1) is 6.04 Å². The maximum Gasteiger partial charge on any atom is 0.315 e. The van der Waals surface area contributed by atoms with E-state index in [1.165, 1.54) is 11.9 Å². The Bertz CT molecular complexity index is 875. The first-order chi connectivity index (χ1) is 15.7. The van der Waals surface area contributed by atoms with E-state index < -0.39 is 47.2 Å². The number of nitrogens with one attached hydrogen (secondary N) is 3. The summed E-state index contributed by atoms with van der Waals surface area (Å²) in [6.07, 6.45) is 3.32. The van der Waals surface area contributed by atoms with Crippen LogP contribution in [0.4, 0.5) is 4.79 Å². The van der Waals surface area contributed by atoms with Crippen molar-refractivity contribution < 1.29 is 24.0 Å². The number of urea groups is 1. The molecule has 3 rings (SSSR count). The fraction of sp³-hybridized carbons (Fsp3) is 0.792. The molecule has 34 heavy (non-hydrogen) atoms. The number of primary amides is 1. The topological polar surface area (TPSA) is 151 Å². The van der Waals surface area contributed by atoms with Crippen molar-refractivity contribution in [2.45, 2.75) is 78.4 Å². The third kappa shape index (κ3) is 4.90. The number of amides is 5. The number of likely N-dealkylation sites (tertiary alicyclic amines) is 1. The van der Waals surface area contributed by atoms with E-state index in [9.17, 15) is 24.0 Å². The Hall–Kier alpha value is -2.65. The van der Waals surface area contributed by atoms with Crippen LogP contribution in [0.25, 0.3) is 0 Å². The summed E-state index contributed by atoms with van der Waals surface area (Å²) in [6.45, 7) is 10.1. The van der Waals surface area contributed by atoms with E-state index in [0.29, 0.717) is 13.0 Å². The first-order valence-electron chi connectivity index (χ1n) is 12.1. The van der Waals surface area contributed by atoms with Gasteiger partial charge in [0.1, 0.15) is 12.1 Å². The second-order valence-corrected chi connectivity index (χ2v) is 11.7. The molecule has 2 saturated carbocycles. The molecule has 1 aliphatic heterocycles. The Balaban J connectivity index is 1.84. The minimum Gasteiger partial charge on any atom is -0.363 e. The first-order valence-corrected chi connectivity index (χ1v) is 12.1. The lowest BCUT2D eigenvalue weighted by Crippen LogP contribution is -2.61. The van der Waals surface area contributed by atoms with E-state index in [1.54, 1.807) is 0 Å². The van der Waals surface area contributed by atoms with Gasteiger partial charge in [0.15, 0.2) is 0 Å². The largest absolute Gasteiger partial charge is 0.363 e. The van der Waals surface area contributed by atoms with Gasteiger partial charge in [-0.15, -0.1) is 0 Å². The van der Waals surface area contributed by atoms with E-state index in [-0.39, 0.29) is 29.1 Å². The molecule has 10 heteroatoms. The Kier molecular flexibility index (Phi) is 7.01. The molecule has 0 aromatic heterocycles. The SMILES string of the molecule is CNC(=O)N[C@H](C(=O)N1CC2C([C@H]1C(=O)NC(CC1CCC1)C(=O)C(N)=O)C2(C)C)C(C)(C)C. The molecule has 5 N–H and O–H groups in total. The molecular formula is C24H39N5O5. The van der Waals surface area contributed by atoms with E-state index in [2.05, 4.69) is 29.8 Å². The maximum absolute atomic E-state index is 13.7.